The Morgan fingerprint density at radius 1 is 0.469 bits per heavy atom. The molecule has 49 heavy (non-hydrogen) atoms. The van der Waals surface area contributed by atoms with Crippen LogP contribution < -0.4 is 0 Å². The molecule has 0 aromatic carbocycles. The molecule has 0 bridgehead atoms. The van der Waals surface area contributed by atoms with E-state index in [1.165, 1.54) is 38.5 Å². The Morgan fingerprint density at radius 2 is 0.796 bits per heavy atom. The van der Waals surface area contributed by atoms with Gasteiger partial charge < -0.3 is 14.2 Å². The van der Waals surface area contributed by atoms with Crippen molar-refractivity contribution in [2.24, 2.45) is 58.7 Å². The zero-order valence-corrected chi connectivity index (χ0v) is 36.2. The molecule has 13 unspecified atom stereocenters. The van der Waals surface area contributed by atoms with Gasteiger partial charge in [0.15, 0.2) is 0 Å². The van der Waals surface area contributed by atoms with E-state index >= 15 is 0 Å². The second-order valence-electron chi connectivity index (χ2n) is 16.4. The van der Waals surface area contributed by atoms with E-state index in [2.05, 4.69) is 138 Å². The minimum absolute atomic E-state index is 0. The molecule has 13 atom stereocenters. The highest BCUT2D eigenvalue weighted by Crippen LogP contribution is 2.36. The minimum Gasteiger partial charge on any atom is -0.378 e. The summed E-state index contributed by atoms with van der Waals surface area (Å²) < 4.78 is 17.2. The lowest BCUT2D eigenvalue weighted by Crippen LogP contribution is -2.42. The van der Waals surface area contributed by atoms with Gasteiger partial charge in [0, 0.05) is 6.61 Å². The van der Waals surface area contributed by atoms with E-state index in [0.717, 1.165) is 66.8 Å². The SMILES string of the molecule is C.C.CC1COC(C)C(C)C1C.CCC(C)CC.CCC(CC)(CC)CC.CCC1OC(C)C(C)C(C)C1C.CCC1OC(C)C(C)C1C. The van der Waals surface area contributed by atoms with Gasteiger partial charge in [-0.1, -0.05) is 171 Å². The lowest BCUT2D eigenvalue weighted by atomic mass is 9.76. The maximum absolute atomic E-state index is 5.93. The highest BCUT2D eigenvalue weighted by atomic mass is 16.5. The molecule has 3 aliphatic heterocycles. The van der Waals surface area contributed by atoms with E-state index in [1.54, 1.807) is 0 Å². The first-order valence-electron chi connectivity index (χ1n) is 20.8. The zero-order valence-electron chi connectivity index (χ0n) is 36.2. The van der Waals surface area contributed by atoms with Gasteiger partial charge >= 0.3 is 0 Å². The van der Waals surface area contributed by atoms with Crippen molar-refractivity contribution in [2.75, 3.05) is 6.61 Å². The summed E-state index contributed by atoms with van der Waals surface area (Å²) in [6.45, 7) is 46.3. The molecule has 0 aromatic heterocycles. The van der Waals surface area contributed by atoms with Crippen LogP contribution >= 0.6 is 0 Å². The molecule has 0 radical (unpaired) electrons. The molecule has 3 heterocycles. The molecule has 3 heteroatoms. The standard InChI is InChI=1S/C11H22O.2C9H18O.C9H20.C6H14.2CH4/c1-6-11-9(4)7(2)8(3)10(5)12-11;1-6-5-10-9(4)8(3)7(6)2;1-5-9-7(3)6(2)8(4)10-9;1-5-9(6-2,7-3)8-4;1-4-6(3)5-2;;/h7-11H,6H2,1-5H3;2*6-9H,5H2,1-4H3;5-8H2,1-4H3;6H,4-5H2,1-3H3;2*1H4. The summed E-state index contributed by atoms with van der Waals surface area (Å²) in [5.74, 6) is 6.95. The summed E-state index contributed by atoms with van der Waals surface area (Å²) in [5, 5.41) is 0. The topological polar surface area (TPSA) is 27.7 Å². The van der Waals surface area contributed by atoms with Crippen molar-refractivity contribution in [1.82, 2.24) is 0 Å². The molecule has 0 spiro atoms. The van der Waals surface area contributed by atoms with Crippen molar-refractivity contribution in [3.8, 4) is 0 Å². The molecule has 0 amide bonds. The van der Waals surface area contributed by atoms with Gasteiger partial charge in [0.1, 0.15) is 0 Å². The smallest absolute Gasteiger partial charge is 0.0605 e. The first-order chi connectivity index (χ1) is 21.9. The summed E-state index contributed by atoms with van der Waals surface area (Å²) in [5.41, 5.74) is 0.667. The first-order valence-corrected chi connectivity index (χ1v) is 20.8. The third-order valence-electron chi connectivity index (χ3n) is 14.2. The van der Waals surface area contributed by atoms with Crippen molar-refractivity contribution in [3.05, 3.63) is 0 Å². The molecule has 302 valence electrons. The van der Waals surface area contributed by atoms with Crippen molar-refractivity contribution in [3.63, 3.8) is 0 Å². The second kappa shape index (κ2) is 29.3. The summed E-state index contributed by atoms with van der Waals surface area (Å²) in [6.07, 6.45) is 12.7. The van der Waals surface area contributed by atoms with Crippen LogP contribution in [0.3, 0.4) is 0 Å². The van der Waals surface area contributed by atoms with Crippen LogP contribution in [0.2, 0.25) is 0 Å². The zero-order chi connectivity index (χ0) is 37.1. The van der Waals surface area contributed by atoms with Crippen LogP contribution in [0.4, 0.5) is 0 Å². The van der Waals surface area contributed by atoms with Crippen LogP contribution in [0.5, 0.6) is 0 Å². The summed E-state index contributed by atoms with van der Waals surface area (Å²) in [4.78, 5) is 0. The third kappa shape index (κ3) is 19.0. The van der Waals surface area contributed by atoms with Gasteiger partial charge in [0.25, 0.3) is 0 Å². The van der Waals surface area contributed by atoms with Gasteiger partial charge in [-0.2, -0.15) is 0 Å². The van der Waals surface area contributed by atoms with Crippen molar-refractivity contribution < 1.29 is 14.2 Å². The van der Waals surface area contributed by atoms with E-state index < -0.39 is 0 Å². The Kier molecular flexibility index (Phi) is 33.3. The predicted octanol–water partition coefficient (Wildman–Crippen LogP) is 15.2. The number of rotatable bonds is 8. The molecule has 3 rings (SSSR count). The van der Waals surface area contributed by atoms with Gasteiger partial charge in [-0.25, -0.2) is 0 Å². The van der Waals surface area contributed by atoms with Crippen LogP contribution in [-0.4, -0.2) is 37.1 Å². The molecule has 0 saturated carbocycles. The van der Waals surface area contributed by atoms with Crippen LogP contribution in [0.25, 0.3) is 0 Å². The first kappa shape index (κ1) is 55.6. The van der Waals surface area contributed by atoms with Crippen LogP contribution in [0, 0.1) is 58.7 Å². The average molecular weight is 701 g/mol. The lowest BCUT2D eigenvalue weighted by Gasteiger charge is -2.42. The highest BCUT2D eigenvalue weighted by Gasteiger charge is 2.36. The monoisotopic (exact) mass is 701 g/mol. The average Bonchev–Trinajstić information content (AvgIpc) is 3.34. The van der Waals surface area contributed by atoms with Crippen molar-refractivity contribution in [1.29, 1.82) is 0 Å². The molecular weight excluding hydrogens is 601 g/mol. The van der Waals surface area contributed by atoms with Gasteiger partial charge in [-0.3, -0.25) is 0 Å². The summed E-state index contributed by atoms with van der Waals surface area (Å²) >= 11 is 0. The van der Waals surface area contributed by atoms with Gasteiger partial charge in [-0.15, -0.1) is 0 Å². The fraction of sp³-hybridized carbons (Fsp3) is 1.00. The molecule has 3 nitrogen and oxygen atoms in total. The Hall–Kier alpha value is -0.120. The van der Waals surface area contributed by atoms with Crippen LogP contribution in [0.1, 0.15) is 205 Å². The Bertz CT molecular complexity index is 676. The van der Waals surface area contributed by atoms with Crippen LogP contribution in [0.15, 0.2) is 0 Å². The second-order valence-corrected chi connectivity index (χ2v) is 16.4. The minimum atomic E-state index is 0. The fourth-order valence-corrected chi connectivity index (χ4v) is 7.34. The predicted molar refractivity (Wildman–Crippen MR) is 225 cm³/mol. The molecule has 0 N–H and O–H groups in total. The van der Waals surface area contributed by atoms with E-state index in [-0.39, 0.29) is 14.9 Å². The number of hydrogen-bond acceptors (Lipinski definition) is 3. The highest BCUT2D eigenvalue weighted by molar-refractivity contribution is 4.84. The maximum Gasteiger partial charge on any atom is 0.0605 e. The molecular formula is C46H100O3. The largest absolute Gasteiger partial charge is 0.378 e. The fourth-order valence-electron chi connectivity index (χ4n) is 7.34. The molecule has 0 aliphatic carbocycles. The summed E-state index contributed by atoms with van der Waals surface area (Å²) in [7, 11) is 0. The normalized spacial score (nSPS) is 35.3. The van der Waals surface area contributed by atoms with Gasteiger partial charge in [0.2, 0.25) is 0 Å². The molecule has 0 aromatic rings. The maximum atomic E-state index is 5.93. The molecule has 3 aliphatic rings. The van der Waals surface area contributed by atoms with Crippen molar-refractivity contribution >= 4 is 0 Å². The van der Waals surface area contributed by atoms with Crippen LogP contribution in [-0.2, 0) is 14.2 Å². The quantitative estimate of drug-likeness (QED) is 0.252. The van der Waals surface area contributed by atoms with E-state index in [9.17, 15) is 0 Å². The Balaban J connectivity index is -0.000000260. The van der Waals surface area contributed by atoms with E-state index in [1.807, 2.05) is 0 Å². The van der Waals surface area contributed by atoms with Gasteiger partial charge in [0.05, 0.1) is 30.5 Å². The molecule has 3 fully saturated rings. The third-order valence-corrected chi connectivity index (χ3v) is 14.2. The Labute approximate surface area is 314 Å². The van der Waals surface area contributed by atoms with Gasteiger partial charge in [-0.05, 0) is 92.3 Å². The number of hydrogen-bond donors (Lipinski definition) is 0. The van der Waals surface area contributed by atoms with E-state index in [0.29, 0.717) is 41.9 Å². The Morgan fingerprint density at radius 3 is 1.06 bits per heavy atom. The lowest BCUT2D eigenvalue weighted by molar-refractivity contribution is -0.125. The van der Waals surface area contributed by atoms with Crippen molar-refractivity contribution in [2.45, 2.75) is 235 Å². The summed E-state index contributed by atoms with van der Waals surface area (Å²) in [6, 6.07) is 0. The van der Waals surface area contributed by atoms with E-state index in [4.69, 9.17) is 14.2 Å². The molecule has 3 saturated heterocycles. The number of ether oxygens (including phenoxy) is 3.